The summed E-state index contributed by atoms with van der Waals surface area (Å²) in [4.78, 5) is 11.2. The Morgan fingerprint density at radius 3 is 2.73 bits per heavy atom. The van der Waals surface area contributed by atoms with Crippen LogP contribution in [0.25, 0.3) is 0 Å². The van der Waals surface area contributed by atoms with Crippen LogP contribution < -0.4 is 5.32 Å². The molecule has 0 bridgehead atoms. The summed E-state index contributed by atoms with van der Waals surface area (Å²) in [6, 6.07) is 0. The number of aliphatic carboxylic acids is 1. The fourth-order valence-electron chi connectivity index (χ4n) is 2.23. The molecule has 0 amide bonds. The van der Waals surface area contributed by atoms with Gasteiger partial charge in [-0.3, -0.25) is 4.79 Å². The Labute approximate surface area is 90.9 Å². The molecule has 3 atom stereocenters. The van der Waals surface area contributed by atoms with Gasteiger partial charge < -0.3 is 10.4 Å². The Morgan fingerprint density at radius 2 is 2.27 bits per heavy atom. The van der Waals surface area contributed by atoms with Crippen molar-refractivity contribution in [2.45, 2.75) is 25.8 Å². The summed E-state index contributed by atoms with van der Waals surface area (Å²) in [5.74, 6) is -0.975. The van der Waals surface area contributed by atoms with E-state index in [-0.39, 0.29) is 5.92 Å². The maximum atomic E-state index is 11.2. The van der Waals surface area contributed by atoms with Gasteiger partial charge in [0.05, 0.1) is 11.5 Å². The maximum absolute atomic E-state index is 11.2. The second-order valence-corrected chi connectivity index (χ2v) is 4.05. The second-order valence-electron chi connectivity index (χ2n) is 4.05. The van der Waals surface area contributed by atoms with Crippen molar-refractivity contribution in [3.8, 4) is 0 Å². The van der Waals surface area contributed by atoms with E-state index >= 15 is 0 Å². The fraction of sp³-hybridized carbons (Fsp3) is 0.583. The first-order chi connectivity index (χ1) is 7.08. The summed E-state index contributed by atoms with van der Waals surface area (Å²) in [5.41, 5.74) is -0.449. The SMILES string of the molecule is CCC(C)C1(NC)C=CC=CC1C(=O)O. The van der Waals surface area contributed by atoms with Gasteiger partial charge in [-0.25, -0.2) is 0 Å². The van der Waals surface area contributed by atoms with Crippen LogP contribution in [0.2, 0.25) is 0 Å². The summed E-state index contributed by atoms with van der Waals surface area (Å²) >= 11 is 0. The van der Waals surface area contributed by atoms with Crippen LogP contribution in [0.5, 0.6) is 0 Å². The van der Waals surface area contributed by atoms with Crippen molar-refractivity contribution in [1.82, 2.24) is 5.32 Å². The van der Waals surface area contributed by atoms with Crippen molar-refractivity contribution in [2.75, 3.05) is 7.05 Å². The highest BCUT2D eigenvalue weighted by Gasteiger charge is 2.42. The monoisotopic (exact) mass is 209 g/mol. The molecule has 1 aliphatic rings. The van der Waals surface area contributed by atoms with Crippen LogP contribution in [-0.2, 0) is 4.79 Å². The van der Waals surface area contributed by atoms with Crippen molar-refractivity contribution in [3.05, 3.63) is 24.3 Å². The second kappa shape index (κ2) is 4.62. The molecule has 3 heteroatoms. The van der Waals surface area contributed by atoms with Crippen LogP contribution in [0.15, 0.2) is 24.3 Å². The van der Waals surface area contributed by atoms with E-state index in [0.29, 0.717) is 0 Å². The number of nitrogens with one attached hydrogen (secondary N) is 1. The predicted molar refractivity (Wildman–Crippen MR) is 60.7 cm³/mol. The lowest BCUT2D eigenvalue weighted by Crippen LogP contribution is -2.55. The molecule has 0 fully saturated rings. The van der Waals surface area contributed by atoms with E-state index in [0.717, 1.165) is 6.42 Å². The first kappa shape index (κ1) is 12.0. The quantitative estimate of drug-likeness (QED) is 0.742. The van der Waals surface area contributed by atoms with Crippen molar-refractivity contribution < 1.29 is 9.90 Å². The first-order valence-electron chi connectivity index (χ1n) is 5.36. The molecule has 0 spiro atoms. The third-order valence-electron chi connectivity index (χ3n) is 3.43. The van der Waals surface area contributed by atoms with E-state index in [2.05, 4.69) is 19.2 Å². The highest BCUT2D eigenvalue weighted by molar-refractivity contribution is 5.75. The zero-order valence-corrected chi connectivity index (χ0v) is 9.53. The molecule has 0 aromatic carbocycles. The topological polar surface area (TPSA) is 49.3 Å². The minimum atomic E-state index is -0.773. The van der Waals surface area contributed by atoms with Crippen molar-refractivity contribution in [1.29, 1.82) is 0 Å². The van der Waals surface area contributed by atoms with Gasteiger partial charge in [-0.15, -0.1) is 0 Å². The molecular formula is C12H19NO2. The number of hydrogen-bond donors (Lipinski definition) is 2. The summed E-state index contributed by atoms with van der Waals surface area (Å²) in [6.45, 7) is 4.16. The number of carboxylic acid groups (broad SMARTS) is 1. The van der Waals surface area contributed by atoms with Crippen LogP contribution in [0.4, 0.5) is 0 Å². The van der Waals surface area contributed by atoms with Crippen LogP contribution in [-0.4, -0.2) is 23.7 Å². The number of carbonyl (C=O) groups is 1. The third kappa shape index (κ3) is 1.97. The van der Waals surface area contributed by atoms with Gasteiger partial charge in [-0.2, -0.15) is 0 Å². The minimum absolute atomic E-state index is 0.282. The molecule has 0 aromatic rings. The molecule has 84 valence electrons. The van der Waals surface area contributed by atoms with Crippen LogP contribution in [0.1, 0.15) is 20.3 Å². The molecule has 3 unspecified atom stereocenters. The lowest BCUT2D eigenvalue weighted by atomic mass is 9.71. The van der Waals surface area contributed by atoms with Gasteiger partial charge in [0.1, 0.15) is 0 Å². The largest absolute Gasteiger partial charge is 0.481 e. The van der Waals surface area contributed by atoms with E-state index in [1.54, 1.807) is 12.2 Å². The van der Waals surface area contributed by atoms with Gasteiger partial charge in [0.25, 0.3) is 0 Å². The Balaban J connectivity index is 3.09. The number of likely N-dealkylation sites (N-methyl/N-ethyl adjacent to an activating group) is 1. The molecular weight excluding hydrogens is 190 g/mol. The van der Waals surface area contributed by atoms with Gasteiger partial charge >= 0.3 is 5.97 Å². The highest BCUT2D eigenvalue weighted by Crippen LogP contribution is 2.33. The van der Waals surface area contributed by atoms with Crippen LogP contribution in [0, 0.1) is 11.8 Å². The molecule has 0 saturated heterocycles. The van der Waals surface area contributed by atoms with Gasteiger partial charge in [0.15, 0.2) is 0 Å². The maximum Gasteiger partial charge on any atom is 0.312 e. The van der Waals surface area contributed by atoms with Gasteiger partial charge in [0, 0.05) is 0 Å². The molecule has 1 aliphatic carbocycles. The fourth-order valence-corrected chi connectivity index (χ4v) is 2.23. The standard InChI is InChI=1S/C12H19NO2/c1-4-9(2)12(13-3)8-6-5-7-10(12)11(14)15/h5-10,13H,4H2,1-3H3,(H,14,15). The molecule has 0 aromatic heterocycles. The third-order valence-corrected chi connectivity index (χ3v) is 3.43. The van der Waals surface area contributed by atoms with Crippen molar-refractivity contribution >= 4 is 5.97 Å². The average Bonchev–Trinajstić information content (AvgIpc) is 2.27. The lowest BCUT2D eigenvalue weighted by molar-refractivity contribution is -0.142. The first-order valence-corrected chi connectivity index (χ1v) is 5.36. The Kier molecular flexibility index (Phi) is 3.69. The van der Waals surface area contributed by atoms with E-state index in [1.165, 1.54) is 0 Å². The summed E-state index contributed by atoms with van der Waals surface area (Å²) in [5, 5.41) is 12.4. The van der Waals surface area contributed by atoms with Crippen molar-refractivity contribution in [3.63, 3.8) is 0 Å². The Morgan fingerprint density at radius 1 is 1.60 bits per heavy atom. The molecule has 2 N–H and O–H groups in total. The molecule has 1 rings (SSSR count). The zero-order valence-electron chi connectivity index (χ0n) is 9.53. The molecule has 0 radical (unpaired) electrons. The summed E-state index contributed by atoms with van der Waals surface area (Å²) in [7, 11) is 1.82. The molecule has 0 aliphatic heterocycles. The van der Waals surface area contributed by atoms with Gasteiger partial charge in [-0.05, 0) is 13.0 Å². The number of rotatable bonds is 4. The lowest BCUT2D eigenvalue weighted by Gasteiger charge is -2.41. The number of allylic oxidation sites excluding steroid dienone is 2. The van der Waals surface area contributed by atoms with Crippen LogP contribution in [0.3, 0.4) is 0 Å². The zero-order chi connectivity index (χ0) is 11.5. The van der Waals surface area contributed by atoms with Gasteiger partial charge in [-0.1, -0.05) is 44.6 Å². The van der Waals surface area contributed by atoms with E-state index < -0.39 is 17.4 Å². The molecule has 0 heterocycles. The number of hydrogen-bond acceptors (Lipinski definition) is 2. The van der Waals surface area contributed by atoms with Crippen molar-refractivity contribution in [2.24, 2.45) is 11.8 Å². The predicted octanol–water partition coefficient (Wildman–Crippen LogP) is 1.82. The molecule has 3 nitrogen and oxygen atoms in total. The molecule has 0 saturated carbocycles. The minimum Gasteiger partial charge on any atom is -0.481 e. The Hall–Kier alpha value is -1.09. The van der Waals surface area contributed by atoms with Gasteiger partial charge in [0.2, 0.25) is 0 Å². The highest BCUT2D eigenvalue weighted by atomic mass is 16.4. The summed E-state index contributed by atoms with van der Waals surface area (Å²) < 4.78 is 0. The molecule has 15 heavy (non-hydrogen) atoms. The van der Waals surface area contributed by atoms with E-state index in [4.69, 9.17) is 0 Å². The van der Waals surface area contributed by atoms with Crippen LogP contribution >= 0.6 is 0 Å². The number of carboxylic acids is 1. The smallest absolute Gasteiger partial charge is 0.312 e. The van der Waals surface area contributed by atoms with E-state index in [9.17, 15) is 9.90 Å². The van der Waals surface area contributed by atoms with E-state index in [1.807, 2.05) is 19.2 Å². The average molecular weight is 209 g/mol. The summed E-state index contributed by atoms with van der Waals surface area (Å²) in [6.07, 6.45) is 8.40. The Bertz CT molecular complexity index is 296. The normalized spacial score (nSPS) is 31.5.